The fraction of sp³-hybridized carbons (Fsp3) is 0.552. The van der Waals surface area contributed by atoms with Crippen LogP contribution in [0.25, 0.3) is 10.9 Å². The van der Waals surface area contributed by atoms with Gasteiger partial charge in [0.15, 0.2) is 5.82 Å². The molecule has 3 saturated heterocycles. The lowest BCUT2D eigenvalue weighted by Crippen LogP contribution is -2.49. The smallest absolute Gasteiger partial charge is 0.341 e. The highest BCUT2D eigenvalue weighted by Gasteiger charge is 2.30. The largest absolute Gasteiger partial charge is 0.477 e. The number of aromatic carboxylic acids is 1. The number of nitrogens with zero attached hydrogens (tertiary/aromatic N) is 10. The number of hydrogen-bond donors (Lipinski definition) is 1. The van der Waals surface area contributed by atoms with E-state index in [9.17, 15) is 14.7 Å². The van der Waals surface area contributed by atoms with Crippen LogP contribution < -0.4 is 25.0 Å². The van der Waals surface area contributed by atoms with E-state index >= 15 is 8.78 Å². The number of rotatable bonds is 6. The third kappa shape index (κ3) is 5.61. The third-order valence-electron chi connectivity index (χ3n) is 8.85. The molecule has 3 aromatic rings. The first-order valence-corrected chi connectivity index (χ1v) is 15.1. The van der Waals surface area contributed by atoms with Gasteiger partial charge in [0.2, 0.25) is 23.3 Å². The molecular weight excluding hydrogens is 574 g/mol. The van der Waals surface area contributed by atoms with Crippen molar-refractivity contribution >= 4 is 40.4 Å². The van der Waals surface area contributed by atoms with Crippen molar-refractivity contribution in [2.75, 3.05) is 112 Å². The number of anilines is 4. The second-order valence-corrected chi connectivity index (χ2v) is 11.7. The Bertz CT molecular complexity index is 1570. The zero-order valence-corrected chi connectivity index (χ0v) is 25.3. The van der Waals surface area contributed by atoms with Crippen LogP contribution in [0, 0.1) is 11.6 Å². The van der Waals surface area contributed by atoms with Crippen molar-refractivity contribution in [1.29, 1.82) is 0 Å². The second kappa shape index (κ2) is 12.1. The van der Waals surface area contributed by atoms with Crippen LogP contribution in [0.1, 0.15) is 17.3 Å². The molecule has 44 heavy (non-hydrogen) atoms. The van der Waals surface area contributed by atoms with Crippen LogP contribution in [-0.2, 0) is 6.54 Å². The van der Waals surface area contributed by atoms with Gasteiger partial charge in [-0.3, -0.25) is 4.79 Å². The molecule has 236 valence electrons. The summed E-state index contributed by atoms with van der Waals surface area (Å²) in [6, 6.07) is 0.956. The minimum Gasteiger partial charge on any atom is -0.477 e. The van der Waals surface area contributed by atoms with Crippen LogP contribution in [0.3, 0.4) is 0 Å². The zero-order valence-electron chi connectivity index (χ0n) is 25.3. The molecule has 0 spiro atoms. The van der Waals surface area contributed by atoms with E-state index in [1.54, 1.807) is 11.8 Å². The highest BCUT2D eigenvalue weighted by molar-refractivity contribution is 5.93. The van der Waals surface area contributed by atoms with Gasteiger partial charge in [-0.15, -0.1) is 0 Å². The van der Waals surface area contributed by atoms with Gasteiger partial charge in [0, 0.05) is 91.3 Å². The Morgan fingerprint density at radius 2 is 1.20 bits per heavy atom. The van der Waals surface area contributed by atoms with Crippen molar-refractivity contribution in [2.45, 2.75) is 13.5 Å². The summed E-state index contributed by atoms with van der Waals surface area (Å²) < 4.78 is 32.8. The van der Waals surface area contributed by atoms with E-state index in [4.69, 9.17) is 15.0 Å². The van der Waals surface area contributed by atoms with E-state index in [1.807, 2.05) is 4.90 Å². The number of likely N-dealkylation sites (N-methyl/N-ethyl adjacent to an activating group) is 2. The average molecular weight is 613 g/mol. The lowest BCUT2D eigenvalue weighted by molar-refractivity contribution is 0.0694. The molecule has 0 aliphatic carbocycles. The molecule has 2 aromatic heterocycles. The summed E-state index contributed by atoms with van der Waals surface area (Å²) in [7, 11) is 4.20. The van der Waals surface area contributed by atoms with Gasteiger partial charge in [-0.05, 0) is 27.1 Å². The Labute approximate surface area is 253 Å². The summed E-state index contributed by atoms with van der Waals surface area (Å²) in [5, 5.41) is 9.14. The number of fused-ring (bicyclic) bond motifs is 1. The van der Waals surface area contributed by atoms with Crippen LogP contribution in [0.5, 0.6) is 0 Å². The molecule has 0 saturated carbocycles. The molecule has 13 nitrogen and oxygen atoms in total. The van der Waals surface area contributed by atoms with Crippen LogP contribution in [0.15, 0.2) is 17.1 Å². The van der Waals surface area contributed by atoms with Gasteiger partial charge >= 0.3 is 5.97 Å². The summed E-state index contributed by atoms with van der Waals surface area (Å²) in [5.41, 5.74) is -1.77. The maximum absolute atomic E-state index is 16.0. The third-order valence-corrected chi connectivity index (χ3v) is 8.85. The Hall–Kier alpha value is -4.11. The average Bonchev–Trinajstić information content (AvgIpc) is 3.02. The van der Waals surface area contributed by atoms with E-state index in [1.165, 1.54) is 4.57 Å². The SMILES string of the molecule is CCn1cc(C(=O)O)c(=O)c2cc(F)c(N3CCN(c4nc(N5CCN(C)CC5)nc(N5CCN(C)CC5)n4)CC3)c(F)c21. The van der Waals surface area contributed by atoms with Crippen molar-refractivity contribution in [1.82, 2.24) is 29.3 Å². The van der Waals surface area contributed by atoms with Gasteiger partial charge in [0.05, 0.1) is 10.9 Å². The molecular formula is C29H38F2N10O3. The molecule has 1 N–H and O–H groups in total. The minimum absolute atomic E-state index is 0.104. The van der Waals surface area contributed by atoms with Gasteiger partial charge in [0.1, 0.15) is 17.1 Å². The van der Waals surface area contributed by atoms with E-state index in [0.29, 0.717) is 44.0 Å². The summed E-state index contributed by atoms with van der Waals surface area (Å²) >= 11 is 0. The van der Waals surface area contributed by atoms with Gasteiger partial charge in [-0.25, -0.2) is 13.6 Å². The van der Waals surface area contributed by atoms with E-state index in [0.717, 1.165) is 64.6 Å². The quantitative estimate of drug-likeness (QED) is 0.428. The van der Waals surface area contributed by atoms with Crippen LogP contribution >= 0.6 is 0 Å². The van der Waals surface area contributed by atoms with Gasteiger partial charge in [-0.1, -0.05) is 0 Å². The number of carboxylic acid groups (broad SMARTS) is 1. The summed E-state index contributed by atoms with van der Waals surface area (Å²) in [6.45, 7) is 10.2. The molecule has 0 amide bonds. The van der Waals surface area contributed by atoms with Crippen molar-refractivity contribution in [3.05, 3.63) is 39.7 Å². The van der Waals surface area contributed by atoms with Gasteiger partial charge < -0.3 is 39.1 Å². The zero-order chi connectivity index (χ0) is 31.1. The molecule has 5 heterocycles. The second-order valence-electron chi connectivity index (χ2n) is 11.7. The summed E-state index contributed by atoms with van der Waals surface area (Å²) in [4.78, 5) is 51.5. The topological polar surface area (TPSA) is 117 Å². The minimum atomic E-state index is -1.44. The van der Waals surface area contributed by atoms with Crippen molar-refractivity contribution in [3.63, 3.8) is 0 Å². The summed E-state index contributed by atoms with van der Waals surface area (Å²) in [6.07, 6.45) is 1.12. The number of aromatic nitrogens is 4. The normalized spacial score (nSPS) is 18.8. The van der Waals surface area contributed by atoms with Crippen LogP contribution in [0.2, 0.25) is 0 Å². The number of aryl methyl sites for hydroxylation is 1. The molecule has 3 aliphatic rings. The lowest BCUT2D eigenvalue weighted by atomic mass is 10.1. The van der Waals surface area contributed by atoms with Crippen molar-refractivity contribution in [2.24, 2.45) is 0 Å². The Morgan fingerprint density at radius 3 is 1.64 bits per heavy atom. The lowest BCUT2D eigenvalue weighted by Gasteiger charge is -2.38. The molecule has 0 radical (unpaired) electrons. The monoisotopic (exact) mass is 612 g/mol. The Kier molecular flexibility index (Phi) is 8.24. The first kappa shape index (κ1) is 29.9. The van der Waals surface area contributed by atoms with Crippen molar-refractivity contribution in [3.8, 4) is 0 Å². The molecule has 3 fully saturated rings. The number of carbonyl (C=O) groups is 1. The number of halogens is 2. The summed E-state index contributed by atoms with van der Waals surface area (Å²) in [5.74, 6) is -1.39. The standard InChI is InChI=1S/C29H38F2N10O3/c1-4-37-18-20(26(43)44)25(42)19-17-21(30)24(22(31)23(19)37)38-13-15-41(16-14-38)29-33-27(39-9-5-35(2)6-10-39)32-28(34-29)40-11-7-36(3)8-12-40/h17-18H,4-16H2,1-3H3,(H,43,44). The predicted octanol–water partition coefficient (Wildman–Crippen LogP) is 1.01. The first-order valence-electron chi connectivity index (χ1n) is 15.1. The van der Waals surface area contributed by atoms with E-state index in [2.05, 4.69) is 33.7 Å². The fourth-order valence-electron chi connectivity index (χ4n) is 6.08. The van der Waals surface area contributed by atoms with Crippen molar-refractivity contribution < 1.29 is 18.7 Å². The van der Waals surface area contributed by atoms with E-state index < -0.39 is 28.6 Å². The highest BCUT2D eigenvalue weighted by Crippen LogP contribution is 2.31. The number of hydrogen-bond acceptors (Lipinski definition) is 11. The molecule has 0 bridgehead atoms. The molecule has 0 atom stereocenters. The number of piperazine rings is 3. The molecule has 15 heteroatoms. The number of benzene rings is 1. The van der Waals surface area contributed by atoms with Gasteiger partial charge in [-0.2, -0.15) is 15.0 Å². The van der Waals surface area contributed by atoms with Crippen LogP contribution in [0.4, 0.5) is 32.3 Å². The number of pyridine rings is 1. The predicted molar refractivity (Wildman–Crippen MR) is 164 cm³/mol. The van der Waals surface area contributed by atoms with Crippen LogP contribution in [-0.4, -0.2) is 133 Å². The number of carboxylic acids is 1. The Morgan fingerprint density at radius 1 is 0.773 bits per heavy atom. The molecule has 0 unspecified atom stereocenters. The fourth-order valence-corrected chi connectivity index (χ4v) is 6.08. The highest BCUT2D eigenvalue weighted by atomic mass is 19.1. The first-order chi connectivity index (χ1) is 21.1. The molecule has 3 aliphatic heterocycles. The maximum Gasteiger partial charge on any atom is 0.341 e. The molecule has 6 rings (SSSR count). The molecule has 1 aromatic carbocycles. The van der Waals surface area contributed by atoms with E-state index in [-0.39, 0.29) is 23.1 Å². The Balaban J connectivity index is 1.28. The van der Waals surface area contributed by atoms with Gasteiger partial charge in [0.25, 0.3) is 0 Å². The maximum atomic E-state index is 16.0.